The minimum absolute atomic E-state index is 0.0747. The number of fused-ring (bicyclic) bond motifs is 1. The zero-order valence-corrected chi connectivity index (χ0v) is 22.9. The van der Waals surface area contributed by atoms with Gasteiger partial charge in [-0.15, -0.1) is 0 Å². The van der Waals surface area contributed by atoms with Crippen molar-refractivity contribution in [1.82, 2.24) is 9.55 Å². The number of imidazole rings is 1. The van der Waals surface area contributed by atoms with E-state index in [1.807, 2.05) is 41.5 Å². The maximum atomic E-state index is 13.0. The van der Waals surface area contributed by atoms with Gasteiger partial charge in [0, 0.05) is 41.9 Å². The van der Waals surface area contributed by atoms with Crippen LogP contribution in [-0.2, 0) is 11.3 Å². The number of benzene rings is 2. The number of aryl methyl sites for hydroxylation is 1. The van der Waals surface area contributed by atoms with E-state index in [-0.39, 0.29) is 23.7 Å². The Labute approximate surface area is 222 Å². The van der Waals surface area contributed by atoms with Crippen molar-refractivity contribution in [3.05, 3.63) is 53.6 Å². The monoisotopic (exact) mass is 532 g/mol. The number of amides is 2. The van der Waals surface area contributed by atoms with Gasteiger partial charge in [0.2, 0.25) is 5.95 Å². The molecule has 2 heterocycles. The fraction of sp³-hybridized carbons (Fsp3) is 0.464. The average Bonchev–Trinajstić information content (AvgIpc) is 3.25. The molecule has 2 amide bonds. The lowest BCUT2D eigenvalue weighted by Crippen LogP contribution is -2.52. The zero-order chi connectivity index (χ0) is 28.5. The van der Waals surface area contributed by atoms with Crippen LogP contribution < -0.4 is 10.2 Å². The van der Waals surface area contributed by atoms with Crippen molar-refractivity contribution in [2.75, 3.05) is 23.4 Å². The van der Waals surface area contributed by atoms with Crippen LogP contribution in [0.4, 0.5) is 25.2 Å². The van der Waals surface area contributed by atoms with Gasteiger partial charge in [0.15, 0.2) is 0 Å². The maximum absolute atomic E-state index is 13.0. The van der Waals surface area contributed by atoms with Crippen molar-refractivity contribution < 1.29 is 28.2 Å². The number of cyclic esters (lactones) is 1. The fourth-order valence-corrected chi connectivity index (χ4v) is 4.06. The molecule has 0 bridgehead atoms. The van der Waals surface area contributed by atoms with Gasteiger partial charge in [-0.3, -0.25) is 15.0 Å². The van der Waals surface area contributed by atoms with Gasteiger partial charge in [-0.05, 0) is 50.6 Å². The Morgan fingerprint density at radius 1 is 1.16 bits per heavy atom. The number of hydrogen-bond donors (Lipinski definition) is 2. The highest BCUT2D eigenvalue weighted by Gasteiger charge is 2.37. The van der Waals surface area contributed by atoms with Gasteiger partial charge >= 0.3 is 6.09 Å². The number of halogens is 2. The highest BCUT2D eigenvalue weighted by Crippen LogP contribution is 2.34. The van der Waals surface area contributed by atoms with Crippen molar-refractivity contribution in [2.24, 2.45) is 0 Å². The lowest BCUT2D eigenvalue weighted by molar-refractivity contribution is 0.102. The molecule has 38 heavy (non-hydrogen) atoms. The summed E-state index contributed by atoms with van der Waals surface area (Å²) < 4.78 is 33.1. The first kappa shape index (κ1) is 30.7. The first-order chi connectivity index (χ1) is 18.2. The molecule has 0 saturated carbocycles. The van der Waals surface area contributed by atoms with E-state index in [1.165, 1.54) is 18.2 Å². The molecule has 0 unspecified atom stereocenters. The van der Waals surface area contributed by atoms with Crippen LogP contribution in [0, 0.1) is 0 Å². The van der Waals surface area contributed by atoms with Crippen molar-refractivity contribution in [3.63, 3.8) is 0 Å². The van der Waals surface area contributed by atoms with E-state index in [0.717, 1.165) is 6.07 Å². The molecule has 1 saturated heterocycles. The number of carbonyl (C=O) groups is 2. The molecule has 1 fully saturated rings. The van der Waals surface area contributed by atoms with Crippen LogP contribution in [0.5, 0.6) is 0 Å². The molecule has 3 aromatic rings. The third-order valence-electron chi connectivity index (χ3n) is 5.88. The number of aliphatic hydroxyl groups excluding tert-OH is 1. The van der Waals surface area contributed by atoms with E-state index in [9.17, 15) is 23.5 Å². The van der Waals surface area contributed by atoms with Crippen molar-refractivity contribution in [2.45, 2.75) is 72.9 Å². The van der Waals surface area contributed by atoms with Crippen LogP contribution >= 0.6 is 0 Å². The Morgan fingerprint density at radius 3 is 2.50 bits per heavy atom. The minimum Gasteiger partial charge on any atom is -0.449 e. The normalized spacial score (nSPS) is 14.3. The molecule has 4 rings (SSSR count). The summed E-state index contributed by atoms with van der Waals surface area (Å²) in [4.78, 5) is 31.4. The van der Waals surface area contributed by atoms with E-state index in [1.54, 1.807) is 27.7 Å². The molecule has 1 aliphatic heterocycles. The quantitative estimate of drug-likeness (QED) is 0.349. The Balaban J connectivity index is 0.00000121. The molecule has 0 radical (unpaired) electrons. The summed E-state index contributed by atoms with van der Waals surface area (Å²) in [7, 11) is 0. The highest BCUT2D eigenvalue weighted by atomic mass is 19.3. The topological polar surface area (TPSA) is 96.7 Å². The van der Waals surface area contributed by atoms with Gasteiger partial charge in [-0.2, -0.15) is 0 Å². The second-order valence-corrected chi connectivity index (χ2v) is 8.73. The maximum Gasteiger partial charge on any atom is 0.414 e. The van der Waals surface area contributed by atoms with Crippen molar-refractivity contribution in [1.29, 1.82) is 0 Å². The Morgan fingerprint density at radius 2 is 1.87 bits per heavy atom. The summed E-state index contributed by atoms with van der Waals surface area (Å²) in [5, 5.41) is 12.1. The standard InChI is InChI=1S/C24H26F2N4O4.2C2H6/c1-24(2)9-12-34-23(33)30(24)17-7-8-18-19(14-17)29(10-4-11-31)22(27-18)28-21(32)16-6-3-5-15(13-16)20(25)26;2*1-2/h3,5-8,13-14,20,31H,4,9-12H2,1-2H3,(H,27,28,32);2*1-2H3. The Kier molecular flexibility index (Phi) is 11.2. The summed E-state index contributed by atoms with van der Waals surface area (Å²) in [5.41, 5.74) is 1.22. The molecule has 2 aromatic carbocycles. The molecule has 0 aliphatic carbocycles. The van der Waals surface area contributed by atoms with Crippen molar-refractivity contribution in [3.8, 4) is 0 Å². The third kappa shape index (κ3) is 6.86. The first-order valence-corrected chi connectivity index (χ1v) is 13.0. The van der Waals surface area contributed by atoms with E-state index >= 15 is 0 Å². The van der Waals surface area contributed by atoms with Gasteiger partial charge in [0.25, 0.3) is 12.3 Å². The van der Waals surface area contributed by atoms with Crippen LogP contribution in [-0.4, -0.2) is 45.4 Å². The van der Waals surface area contributed by atoms with Gasteiger partial charge in [-0.25, -0.2) is 18.6 Å². The number of nitrogens with one attached hydrogen (secondary N) is 1. The predicted molar refractivity (Wildman–Crippen MR) is 146 cm³/mol. The van der Waals surface area contributed by atoms with Crippen LogP contribution in [0.25, 0.3) is 11.0 Å². The molecule has 1 aromatic heterocycles. The van der Waals surface area contributed by atoms with E-state index in [2.05, 4.69) is 10.3 Å². The molecule has 0 spiro atoms. The first-order valence-electron chi connectivity index (χ1n) is 13.0. The zero-order valence-electron chi connectivity index (χ0n) is 22.9. The van der Waals surface area contributed by atoms with Crippen LogP contribution in [0.2, 0.25) is 0 Å². The second-order valence-electron chi connectivity index (χ2n) is 8.73. The molecule has 8 nitrogen and oxygen atoms in total. The third-order valence-corrected chi connectivity index (χ3v) is 5.88. The molecular weight excluding hydrogens is 494 g/mol. The molecular formula is C28H38F2N4O4. The SMILES string of the molecule is CC.CC.CC1(C)CCOC(=O)N1c1ccc2nc(NC(=O)c3cccc(C(F)F)c3)n(CCCO)c2c1. The van der Waals surface area contributed by atoms with E-state index in [4.69, 9.17) is 4.74 Å². The summed E-state index contributed by atoms with van der Waals surface area (Å²) in [5.74, 6) is -0.363. The molecule has 0 atom stereocenters. The number of nitrogens with zero attached hydrogens (tertiary/aromatic N) is 3. The number of rotatable bonds is 7. The summed E-state index contributed by atoms with van der Waals surface area (Å²) in [6.07, 6.45) is -2.06. The molecule has 208 valence electrons. The second kappa shape index (κ2) is 13.9. The average molecular weight is 533 g/mol. The minimum atomic E-state index is -2.69. The van der Waals surface area contributed by atoms with E-state index in [0.29, 0.717) is 42.7 Å². The molecule has 1 aliphatic rings. The molecule has 2 N–H and O–H groups in total. The Hall–Kier alpha value is -3.53. The lowest BCUT2D eigenvalue weighted by Gasteiger charge is -2.41. The Bertz CT molecular complexity index is 1230. The van der Waals surface area contributed by atoms with Crippen molar-refractivity contribution >= 4 is 34.7 Å². The number of anilines is 2. The number of aromatic nitrogens is 2. The summed E-state index contributed by atoms with van der Waals surface area (Å²) >= 11 is 0. The summed E-state index contributed by atoms with van der Waals surface area (Å²) in [6, 6.07) is 10.5. The van der Waals surface area contributed by atoms with Crippen LogP contribution in [0.1, 0.15) is 76.7 Å². The summed E-state index contributed by atoms with van der Waals surface area (Å²) in [6.45, 7) is 12.5. The predicted octanol–water partition coefficient (Wildman–Crippen LogP) is 6.79. The van der Waals surface area contributed by atoms with Crippen LogP contribution in [0.3, 0.4) is 0 Å². The highest BCUT2D eigenvalue weighted by molar-refractivity contribution is 6.04. The lowest BCUT2D eigenvalue weighted by atomic mass is 9.97. The number of carbonyl (C=O) groups excluding carboxylic acids is 2. The molecule has 10 heteroatoms. The van der Waals surface area contributed by atoms with Crippen LogP contribution in [0.15, 0.2) is 42.5 Å². The smallest absolute Gasteiger partial charge is 0.414 e. The van der Waals surface area contributed by atoms with Gasteiger partial charge in [0.05, 0.1) is 17.6 Å². The number of alkyl halides is 2. The fourth-order valence-electron chi connectivity index (χ4n) is 4.06. The largest absolute Gasteiger partial charge is 0.449 e. The van der Waals surface area contributed by atoms with Gasteiger partial charge < -0.3 is 14.4 Å². The number of ether oxygens (including phenoxy) is 1. The number of hydrogen-bond acceptors (Lipinski definition) is 5. The number of aliphatic hydroxyl groups is 1. The van der Waals surface area contributed by atoms with Gasteiger partial charge in [-0.1, -0.05) is 39.8 Å². The van der Waals surface area contributed by atoms with E-state index < -0.39 is 24.0 Å². The van der Waals surface area contributed by atoms with Gasteiger partial charge in [0.1, 0.15) is 0 Å².